The van der Waals surface area contributed by atoms with Crippen LogP contribution in [0.2, 0.25) is 0 Å². The maximum absolute atomic E-state index is 8.80. The van der Waals surface area contributed by atoms with E-state index in [2.05, 4.69) is 34.9 Å². The van der Waals surface area contributed by atoms with Gasteiger partial charge in [-0.2, -0.15) is 5.26 Å². The molecule has 0 aliphatic heterocycles. The maximum Gasteiger partial charge on any atom is 0.193 e. The number of unbranched alkanes of at least 4 members (excludes halogenated alkanes) is 3. The average molecular weight is 426 g/mol. The lowest BCUT2D eigenvalue weighted by Crippen LogP contribution is -2.38. The summed E-state index contributed by atoms with van der Waals surface area (Å²) < 4.78 is 0. The molecule has 0 aromatic heterocycles. The van der Waals surface area contributed by atoms with Gasteiger partial charge in [0, 0.05) is 27.2 Å². The fraction of sp³-hybridized carbons (Fsp3) is 0.444. The Balaban J connectivity index is 0.00000484. The normalized spacial score (nSPS) is 10.4. The summed E-state index contributed by atoms with van der Waals surface area (Å²) in [5, 5.41) is 12.1. The molecule has 1 aromatic carbocycles. The zero-order valence-electron chi connectivity index (χ0n) is 14.1. The van der Waals surface area contributed by atoms with E-state index < -0.39 is 0 Å². The van der Waals surface area contributed by atoms with Crippen molar-refractivity contribution < 1.29 is 0 Å². The summed E-state index contributed by atoms with van der Waals surface area (Å²) >= 11 is 0. The minimum Gasteiger partial charge on any atom is -0.352 e. The number of halogens is 1. The molecule has 0 amide bonds. The van der Waals surface area contributed by atoms with E-state index in [-0.39, 0.29) is 24.0 Å². The van der Waals surface area contributed by atoms with Crippen LogP contribution in [0.4, 0.5) is 0 Å². The minimum absolute atomic E-state index is 0. The van der Waals surface area contributed by atoms with Crippen LogP contribution in [0.15, 0.2) is 41.9 Å². The Bertz CT molecular complexity index is 517. The molecule has 126 valence electrons. The highest BCUT2D eigenvalue weighted by molar-refractivity contribution is 14.0. The molecule has 0 bridgehead atoms. The number of nitriles is 1. The van der Waals surface area contributed by atoms with Crippen LogP contribution in [0.3, 0.4) is 0 Å². The summed E-state index contributed by atoms with van der Waals surface area (Å²) in [6.45, 7) is 5.44. The van der Waals surface area contributed by atoms with E-state index in [9.17, 15) is 0 Å². The lowest BCUT2D eigenvalue weighted by molar-refractivity contribution is 0.455. The first-order valence-electron chi connectivity index (χ1n) is 7.73. The van der Waals surface area contributed by atoms with Gasteiger partial charge in [0.05, 0.1) is 11.6 Å². The number of nitrogens with one attached hydrogen (secondary N) is 1. The summed E-state index contributed by atoms with van der Waals surface area (Å²) in [7, 11) is 3.86. The molecule has 0 saturated carbocycles. The Hall–Kier alpha value is -1.55. The monoisotopic (exact) mass is 426 g/mol. The molecule has 4 nitrogen and oxygen atoms in total. The third-order valence-corrected chi connectivity index (χ3v) is 3.51. The zero-order valence-corrected chi connectivity index (χ0v) is 16.4. The predicted molar refractivity (Wildman–Crippen MR) is 108 cm³/mol. The molecule has 23 heavy (non-hydrogen) atoms. The number of guanidine groups is 1. The molecule has 1 rings (SSSR count). The number of allylic oxidation sites excluding steroid dienone is 1. The molecule has 0 saturated heterocycles. The highest BCUT2D eigenvalue weighted by atomic mass is 127. The van der Waals surface area contributed by atoms with Gasteiger partial charge in [-0.05, 0) is 37.0 Å². The van der Waals surface area contributed by atoms with Gasteiger partial charge in [-0.1, -0.05) is 24.6 Å². The number of nitrogens with zero attached hydrogens (tertiary/aromatic N) is 3. The van der Waals surface area contributed by atoms with Gasteiger partial charge < -0.3 is 10.2 Å². The van der Waals surface area contributed by atoms with E-state index in [1.165, 1.54) is 12.8 Å². The third kappa shape index (κ3) is 8.60. The first-order valence-corrected chi connectivity index (χ1v) is 7.73. The number of hydrogen-bond donors (Lipinski definition) is 1. The van der Waals surface area contributed by atoms with Crippen molar-refractivity contribution in [3.8, 4) is 6.07 Å². The SMILES string of the molecule is C=CCCCCCN(C)C(=NC)NCc1ccc(C#N)cc1.I. The molecule has 0 unspecified atom stereocenters. The fourth-order valence-corrected chi connectivity index (χ4v) is 2.18. The third-order valence-electron chi connectivity index (χ3n) is 3.51. The van der Waals surface area contributed by atoms with E-state index in [1.54, 1.807) is 7.05 Å². The average Bonchev–Trinajstić information content (AvgIpc) is 2.55. The number of aliphatic imine (C=N–C) groups is 1. The van der Waals surface area contributed by atoms with Gasteiger partial charge in [-0.15, -0.1) is 30.6 Å². The van der Waals surface area contributed by atoms with Crippen molar-refractivity contribution in [3.05, 3.63) is 48.0 Å². The molecule has 0 spiro atoms. The molecular weight excluding hydrogens is 399 g/mol. The molecule has 1 N–H and O–H groups in total. The standard InChI is InChI=1S/C18H26N4.HI/c1-4-5-6-7-8-13-22(3)18(20-2)21-15-17-11-9-16(14-19)10-12-17;/h4,9-12H,1,5-8,13,15H2,2-3H3,(H,20,21);1H. The first-order chi connectivity index (χ1) is 10.7. The van der Waals surface area contributed by atoms with Gasteiger partial charge in [0.25, 0.3) is 0 Å². The van der Waals surface area contributed by atoms with Gasteiger partial charge >= 0.3 is 0 Å². The molecule has 5 heteroatoms. The van der Waals surface area contributed by atoms with Crippen LogP contribution in [-0.4, -0.2) is 31.5 Å². The molecule has 0 fully saturated rings. The van der Waals surface area contributed by atoms with Crippen molar-refractivity contribution in [1.29, 1.82) is 5.26 Å². The summed E-state index contributed by atoms with van der Waals surface area (Å²) in [6, 6.07) is 9.73. The van der Waals surface area contributed by atoms with Crippen LogP contribution in [0.25, 0.3) is 0 Å². The highest BCUT2D eigenvalue weighted by Gasteiger charge is 2.05. The minimum atomic E-state index is 0. The van der Waals surface area contributed by atoms with Gasteiger partial charge in [-0.25, -0.2) is 0 Å². The topological polar surface area (TPSA) is 51.4 Å². The zero-order chi connectivity index (χ0) is 16.2. The highest BCUT2D eigenvalue weighted by Crippen LogP contribution is 2.04. The van der Waals surface area contributed by atoms with Crippen molar-refractivity contribution in [2.75, 3.05) is 20.6 Å². The Labute approximate surface area is 157 Å². The predicted octanol–water partition coefficient (Wildman–Crippen LogP) is 3.93. The maximum atomic E-state index is 8.80. The lowest BCUT2D eigenvalue weighted by Gasteiger charge is -2.22. The molecule has 1 aromatic rings. The van der Waals surface area contributed by atoms with E-state index in [0.717, 1.165) is 30.9 Å². The smallest absolute Gasteiger partial charge is 0.193 e. The second-order valence-electron chi connectivity index (χ2n) is 5.27. The van der Waals surface area contributed by atoms with Crippen molar-refractivity contribution in [2.24, 2.45) is 4.99 Å². The van der Waals surface area contributed by atoms with Crippen LogP contribution in [0.1, 0.15) is 36.8 Å². The van der Waals surface area contributed by atoms with Gasteiger partial charge in [-0.3, -0.25) is 4.99 Å². The number of rotatable bonds is 8. The van der Waals surface area contributed by atoms with Crippen molar-refractivity contribution >= 4 is 29.9 Å². The summed E-state index contributed by atoms with van der Waals surface area (Å²) in [5.41, 5.74) is 1.82. The Kier molecular flexibility index (Phi) is 12.1. The molecule has 0 radical (unpaired) electrons. The molecule has 0 heterocycles. The van der Waals surface area contributed by atoms with Crippen molar-refractivity contribution in [1.82, 2.24) is 10.2 Å². The molecule has 0 aliphatic rings. The van der Waals surface area contributed by atoms with Gasteiger partial charge in [0.2, 0.25) is 0 Å². The van der Waals surface area contributed by atoms with Crippen molar-refractivity contribution in [3.63, 3.8) is 0 Å². The van der Waals surface area contributed by atoms with Crippen LogP contribution in [0, 0.1) is 11.3 Å². The quantitative estimate of drug-likeness (QED) is 0.225. The molecule has 0 atom stereocenters. The largest absolute Gasteiger partial charge is 0.352 e. The Morgan fingerprint density at radius 2 is 2.00 bits per heavy atom. The number of benzene rings is 1. The Morgan fingerprint density at radius 3 is 2.57 bits per heavy atom. The number of hydrogen-bond acceptors (Lipinski definition) is 2. The van der Waals surface area contributed by atoms with Gasteiger partial charge in [0.1, 0.15) is 0 Å². The van der Waals surface area contributed by atoms with Gasteiger partial charge in [0.15, 0.2) is 5.96 Å². The van der Waals surface area contributed by atoms with E-state index in [1.807, 2.05) is 30.3 Å². The Morgan fingerprint density at radius 1 is 1.30 bits per heavy atom. The second-order valence-corrected chi connectivity index (χ2v) is 5.27. The fourth-order valence-electron chi connectivity index (χ4n) is 2.18. The molecule has 0 aliphatic carbocycles. The van der Waals surface area contributed by atoms with Crippen LogP contribution in [0.5, 0.6) is 0 Å². The summed E-state index contributed by atoms with van der Waals surface area (Å²) in [5.74, 6) is 0.896. The summed E-state index contributed by atoms with van der Waals surface area (Å²) in [4.78, 5) is 6.47. The molecular formula is C18H27IN4. The second kappa shape index (κ2) is 12.9. The summed E-state index contributed by atoms with van der Waals surface area (Å²) in [6.07, 6.45) is 6.64. The van der Waals surface area contributed by atoms with E-state index >= 15 is 0 Å². The lowest BCUT2D eigenvalue weighted by atomic mass is 10.1. The van der Waals surface area contributed by atoms with Crippen molar-refractivity contribution in [2.45, 2.75) is 32.2 Å². The van der Waals surface area contributed by atoms with Crippen LogP contribution in [-0.2, 0) is 6.54 Å². The first kappa shape index (κ1) is 21.4. The van der Waals surface area contributed by atoms with E-state index in [4.69, 9.17) is 5.26 Å². The van der Waals surface area contributed by atoms with Crippen LogP contribution >= 0.6 is 24.0 Å². The van der Waals surface area contributed by atoms with Crippen LogP contribution < -0.4 is 5.32 Å². The van der Waals surface area contributed by atoms with E-state index in [0.29, 0.717) is 12.1 Å².